The Bertz CT molecular complexity index is 485. The average Bonchev–Trinajstić information content (AvgIpc) is 2.37. The van der Waals surface area contributed by atoms with Crippen molar-refractivity contribution in [1.29, 1.82) is 0 Å². The third-order valence-electron chi connectivity index (χ3n) is 2.96. The number of halogens is 1. The van der Waals surface area contributed by atoms with Gasteiger partial charge in [-0.3, -0.25) is 0 Å². The molecule has 19 heavy (non-hydrogen) atoms. The van der Waals surface area contributed by atoms with Crippen LogP contribution in [0.1, 0.15) is 26.2 Å². The molecule has 0 fully saturated rings. The van der Waals surface area contributed by atoms with Crippen LogP contribution in [-0.4, -0.2) is 21.5 Å². The van der Waals surface area contributed by atoms with E-state index in [1.54, 1.807) is 0 Å². The molecular weight excluding hydrogens is 267 g/mol. The van der Waals surface area contributed by atoms with Gasteiger partial charge in [0.25, 0.3) is 0 Å². The maximum absolute atomic E-state index is 13.5. The van der Waals surface area contributed by atoms with Gasteiger partial charge in [0.2, 0.25) is 10.0 Å². The Balaban J connectivity index is 2.72. The minimum atomic E-state index is -3.79. The molecule has 6 heteroatoms. The molecule has 0 aliphatic carbocycles. The molecule has 0 spiro atoms. The molecule has 0 bridgehead atoms. The highest BCUT2D eigenvalue weighted by Crippen LogP contribution is 2.15. The van der Waals surface area contributed by atoms with Gasteiger partial charge < -0.3 is 5.73 Å². The highest BCUT2D eigenvalue weighted by molar-refractivity contribution is 7.89. The molecule has 0 aliphatic rings. The highest BCUT2D eigenvalue weighted by atomic mass is 32.2. The van der Waals surface area contributed by atoms with Crippen LogP contribution in [0.5, 0.6) is 0 Å². The van der Waals surface area contributed by atoms with E-state index in [1.807, 2.05) is 6.92 Å². The molecule has 1 atom stereocenters. The Morgan fingerprint density at radius 2 is 2.00 bits per heavy atom. The number of hydrogen-bond acceptors (Lipinski definition) is 3. The van der Waals surface area contributed by atoms with Crippen LogP contribution in [0.4, 0.5) is 4.39 Å². The zero-order valence-electron chi connectivity index (χ0n) is 11.1. The lowest BCUT2D eigenvalue weighted by atomic mass is 10.0. The second-order valence-electron chi connectivity index (χ2n) is 4.51. The van der Waals surface area contributed by atoms with Crippen LogP contribution in [0.3, 0.4) is 0 Å². The van der Waals surface area contributed by atoms with E-state index in [0.717, 1.165) is 25.3 Å². The van der Waals surface area contributed by atoms with Crippen molar-refractivity contribution in [3.8, 4) is 0 Å². The lowest BCUT2D eigenvalue weighted by Gasteiger charge is -2.16. The summed E-state index contributed by atoms with van der Waals surface area (Å²) in [6.45, 7) is 2.85. The zero-order chi connectivity index (χ0) is 14.3. The molecule has 1 unspecified atom stereocenters. The fraction of sp³-hybridized carbons (Fsp3) is 0.538. The van der Waals surface area contributed by atoms with Crippen molar-refractivity contribution in [2.75, 3.05) is 13.1 Å². The van der Waals surface area contributed by atoms with Crippen LogP contribution in [0.15, 0.2) is 29.2 Å². The Kier molecular flexibility index (Phi) is 6.41. The summed E-state index contributed by atoms with van der Waals surface area (Å²) in [4.78, 5) is -0.307. The number of hydrogen-bond donors (Lipinski definition) is 2. The molecule has 4 nitrogen and oxygen atoms in total. The van der Waals surface area contributed by atoms with Crippen molar-refractivity contribution in [3.05, 3.63) is 30.1 Å². The largest absolute Gasteiger partial charge is 0.330 e. The molecule has 108 valence electrons. The molecule has 0 saturated carbocycles. The van der Waals surface area contributed by atoms with E-state index in [9.17, 15) is 12.8 Å². The van der Waals surface area contributed by atoms with Crippen LogP contribution in [0.2, 0.25) is 0 Å². The van der Waals surface area contributed by atoms with Gasteiger partial charge in [0.05, 0.1) is 0 Å². The van der Waals surface area contributed by atoms with Crippen LogP contribution in [0, 0.1) is 11.7 Å². The van der Waals surface area contributed by atoms with Crippen molar-refractivity contribution in [2.45, 2.75) is 31.1 Å². The number of rotatable bonds is 8. The SMILES string of the molecule is CCCC(CCN)CNS(=O)(=O)c1ccccc1F. The second kappa shape index (κ2) is 7.57. The summed E-state index contributed by atoms with van der Waals surface area (Å²) in [6.07, 6.45) is 2.62. The molecule has 1 rings (SSSR count). The summed E-state index contributed by atoms with van der Waals surface area (Å²) in [6, 6.07) is 5.36. The number of sulfonamides is 1. The van der Waals surface area contributed by atoms with Gasteiger partial charge in [-0.15, -0.1) is 0 Å². The zero-order valence-corrected chi connectivity index (χ0v) is 11.9. The molecule has 0 aromatic heterocycles. The summed E-state index contributed by atoms with van der Waals surface area (Å²) >= 11 is 0. The average molecular weight is 288 g/mol. The molecule has 0 aliphatic heterocycles. The maximum atomic E-state index is 13.5. The van der Waals surface area contributed by atoms with E-state index in [4.69, 9.17) is 5.73 Å². The maximum Gasteiger partial charge on any atom is 0.243 e. The Hall–Kier alpha value is -0.980. The first kappa shape index (κ1) is 16.1. The van der Waals surface area contributed by atoms with Crippen LogP contribution in [0.25, 0.3) is 0 Å². The van der Waals surface area contributed by atoms with Gasteiger partial charge >= 0.3 is 0 Å². The van der Waals surface area contributed by atoms with E-state index >= 15 is 0 Å². The third kappa shape index (κ3) is 4.89. The van der Waals surface area contributed by atoms with Gasteiger partial charge in [0.1, 0.15) is 10.7 Å². The summed E-state index contributed by atoms with van der Waals surface area (Å²) in [5, 5.41) is 0. The molecular formula is C13H21FN2O2S. The number of nitrogens with one attached hydrogen (secondary N) is 1. The minimum Gasteiger partial charge on any atom is -0.330 e. The monoisotopic (exact) mass is 288 g/mol. The standard InChI is InChI=1S/C13H21FN2O2S/c1-2-5-11(8-9-15)10-16-19(17,18)13-7-4-3-6-12(13)14/h3-4,6-7,11,16H,2,5,8-10,15H2,1H3. The number of benzene rings is 1. The predicted octanol–water partition coefficient (Wildman–Crippen LogP) is 1.87. The lowest BCUT2D eigenvalue weighted by molar-refractivity contribution is 0.442. The molecule has 0 radical (unpaired) electrons. The predicted molar refractivity (Wildman–Crippen MR) is 73.7 cm³/mol. The molecule has 0 heterocycles. The first-order valence-electron chi connectivity index (χ1n) is 6.45. The van der Waals surface area contributed by atoms with Crippen LogP contribution >= 0.6 is 0 Å². The van der Waals surface area contributed by atoms with Crippen LogP contribution in [-0.2, 0) is 10.0 Å². The number of nitrogens with two attached hydrogens (primary N) is 1. The third-order valence-corrected chi connectivity index (χ3v) is 4.42. The second-order valence-corrected chi connectivity index (χ2v) is 6.25. The molecule has 0 amide bonds. The lowest BCUT2D eigenvalue weighted by Crippen LogP contribution is -2.31. The Morgan fingerprint density at radius 3 is 2.58 bits per heavy atom. The summed E-state index contributed by atoms with van der Waals surface area (Å²) < 4.78 is 39.9. The van der Waals surface area contributed by atoms with E-state index < -0.39 is 15.8 Å². The van der Waals surface area contributed by atoms with E-state index in [0.29, 0.717) is 13.1 Å². The van der Waals surface area contributed by atoms with Gasteiger partial charge in [-0.05, 0) is 37.4 Å². The van der Waals surface area contributed by atoms with Crippen molar-refractivity contribution in [1.82, 2.24) is 4.72 Å². The van der Waals surface area contributed by atoms with Gasteiger partial charge in [0.15, 0.2) is 0 Å². The first-order chi connectivity index (χ1) is 9.01. The molecule has 1 aromatic carbocycles. The molecule has 0 saturated heterocycles. The van der Waals surface area contributed by atoms with Gasteiger partial charge in [-0.25, -0.2) is 17.5 Å². The van der Waals surface area contributed by atoms with Crippen molar-refractivity contribution in [2.24, 2.45) is 11.7 Å². The van der Waals surface area contributed by atoms with Crippen LogP contribution < -0.4 is 10.5 Å². The van der Waals surface area contributed by atoms with Crippen molar-refractivity contribution < 1.29 is 12.8 Å². The van der Waals surface area contributed by atoms with Gasteiger partial charge in [-0.1, -0.05) is 25.5 Å². The summed E-state index contributed by atoms with van der Waals surface area (Å²) in [7, 11) is -3.79. The van der Waals surface area contributed by atoms with Gasteiger partial charge in [-0.2, -0.15) is 0 Å². The van der Waals surface area contributed by atoms with E-state index in [-0.39, 0.29) is 10.8 Å². The molecule has 3 N–H and O–H groups in total. The van der Waals surface area contributed by atoms with Crippen molar-refractivity contribution in [3.63, 3.8) is 0 Å². The first-order valence-corrected chi connectivity index (χ1v) is 7.93. The van der Waals surface area contributed by atoms with E-state index in [2.05, 4.69) is 4.72 Å². The quantitative estimate of drug-likeness (QED) is 0.767. The highest BCUT2D eigenvalue weighted by Gasteiger charge is 2.19. The topological polar surface area (TPSA) is 72.2 Å². The smallest absolute Gasteiger partial charge is 0.243 e. The summed E-state index contributed by atoms with van der Waals surface area (Å²) in [5.74, 6) is -0.544. The molecule has 1 aromatic rings. The summed E-state index contributed by atoms with van der Waals surface area (Å²) in [5.41, 5.74) is 5.50. The normalized spacial score (nSPS) is 13.4. The van der Waals surface area contributed by atoms with Crippen molar-refractivity contribution >= 4 is 10.0 Å². The fourth-order valence-electron chi connectivity index (χ4n) is 1.96. The van der Waals surface area contributed by atoms with E-state index in [1.165, 1.54) is 18.2 Å². The minimum absolute atomic E-state index is 0.191. The Labute approximate surface area is 114 Å². The Morgan fingerprint density at radius 1 is 1.32 bits per heavy atom. The van der Waals surface area contributed by atoms with Gasteiger partial charge in [0, 0.05) is 6.54 Å². The fourth-order valence-corrected chi connectivity index (χ4v) is 3.15.